The van der Waals surface area contributed by atoms with E-state index >= 15 is 0 Å². The van der Waals surface area contributed by atoms with E-state index in [1.54, 1.807) is 0 Å². The molecule has 0 bridgehead atoms. The zero-order chi connectivity index (χ0) is 17.8. The van der Waals surface area contributed by atoms with Gasteiger partial charge in [-0.3, -0.25) is 4.79 Å². The molecule has 1 aromatic heterocycles. The van der Waals surface area contributed by atoms with Gasteiger partial charge in [-0.25, -0.2) is 0 Å². The number of amides is 1. The molecule has 1 heterocycles. The predicted molar refractivity (Wildman–Crippen MR) is 100.0 cm³/mol. The van der Waals surface area contributed by atoms with Crippen molar-refractivity contribution in [2.24, 2.45) is 0 Å². The lowest BCUT2D eigenvalue weighted by molar-refractivity contribution is -0.115. The van der Waals surface area contributed by atoms with Crippen LogP contribution >= 0.6 is 11.8 Å². The summed E-state index contributed by atoms with van der Waals surface area (Å²) in [5.41, 5.74) is 3.08. The average Bonchev–Trinajstić information content (AvgIpc) is 3.06. The van der Waals surface area contributed by atoms with Crippen molar-refractivity contribution >= 4 is 23.4 Å². The Kier molecular flexibility index (Phi) is 5.78. The van der Waals surface area contributed by atoms with Crippen LogP contribution in [-0.4, -0.2) is 21.4 Å². The van der Waals surface area contributed by atoms with Gasteiger partial charge in [0.25, 0.3) is 5.22 Å². The zero-order valence-corrected chi connectivity index (χ0v) is 15.9. The second-order valence-electron chi connectivity index (χ2n) is 6.81. The van der Waals surface area contributed by atoms with Crippen molar-refractivity contribution in [2.45, 2.75) is 69.3 Å². The van der Waals surface area contributed by atoms with E-state index in [2.05, 4.69) is 21.6 Å². The van der Waals surface area contributed by atoms with E-state index in [1.165, 1.54) is 36.6 Å². The summed E-state index contributed by atoms with van der Waals surface area (Å²) in [7, 11) is 0. The minimum Gasteiger partial charge on any atom is -0.416 e. The summed E-state index contributed by atoms with van der Waals surface area (Å²) in [6.07, 6.45) is 5.99. The van der Waals surface area contributed by atoms with Crippen LogP contribution in [0.2, 0.25) is 0 Å². The summed E-state index contributed by atoms with van der Waals surface area (Å²) in [5, 5.41) is 11.5. The third-order valence-electron chi connectivity index (χ3n) is 4.66. The summed E-state index contributed by atoms with van der Waals surface area (Å²) >= 11 is 1.31. The summed E-state index contributed by atoms with van der Waals surface area (Å²) in [4.78, 5) is 12.4. The molecule has 0 radical (unpaired) electrons. The normalized spacial score (nSPS) is 16.6. The third kappa shape index (κ3) is 4.63. The van der Waals surface area contributed by atoms with Crippen LogP contribution in [0.3, 0.4) is 0 Å². The van der Waals surface area contributed by atoms with E-state index in [1.807, 2.05) is 32.9 Å². The Labute approximate surface area is 153 Å². The van der Waals surface area contributed by atoms with Gasteiger partial charge in [-0.2, -0.15) is 0 Å². The Balaban J connectivity index is 1.58. The van der Waals surface area contributed by atoms with Crippen molar-refractivity contribution in [3.63, 3.8) is 0 Å². The molecular formula is C19H25N3O2S. The van der Waals surface area contributed by atoms with E-state index in [4.69, 9.17) is 4.42 Å². The molecule has 134 valence electrons. The van der Waals surface area contributed by atoms with Gasteiger partial charge in [0, 0.05) is 11.6 Å². The van der Waals surface area contributed by atoms with E-state index < -0.39 is 0 Å². The van der Waals surface area contributed by atoms with E-state index in [0.29, 0.717) is 11.1 Å². The monoisotopic (exact) mass is 359 g/mol. The fourth-order valence-corrected chi connectivity index (χ4v) is 3.87. The van der Waals surface area contributed by atoms with Crippen LogP contribution in [-0.2, 0) is 4.79 Å². The Morgan fingerprint density at radius 3 is 2.72 bits per heavy atom. The molecule has 25 heavy (non-hydrogen) atoms. The van der Waals surface area contributed by atoms with Crippen molar-refractivity contribution in [1.82, 2.24) is 10.2 Å². The lowest BCUT2D eigenvalue weighted by Crippen LogP contribution is -2.22. The van der Waals surface area contributed by atoms with Crippen molar-refractivity contribution in [1.29, 1.82) is 0 Å². The fourth-order valence-electron chi connectivity index (χ4n) is 3.18. The van der Waals surface area contributed by atoms with Gasteiger partial charge < -0.3 is 9.73 Å². The number of aryl methyl sites for hydroxylation is 2. The summed E-state index contributed by atoms with van der Waals surface area (Å²) < 4.78 is 5.79. The molecular weight excluding hydrogens is 334 g/mol. The summed E-state index contributed by atoms with van der Waals surface area (Å²) in [5.74, 6) is 1.05. The van der Waals surface area contributed by atoms with Gasteiger partial charge in [-0.05, 0) is 45.2 Å². The van der Waals surface area contributed by atoms with Gasteiger partial charge >= 0.3 is 0 Å². The number of benzene rings is 1. The SMILES string of the molecule is Cc1ccc(NC(=O)[C@H](C)Sc2nnc(C3CCCCC3)o2)c(C)c1. The van der Waals surface area contributed by atoms with Crippen LogP contribution in [0.15, 0.2) is 27.8 Å². The molecule has 0 saturated heterocycles. The Morgan fingerprint density at radius 1 is 1.24 bits per heavy atom. The van der Waals surface area contributed by atoms with Crippen molar-refractivity contribution in [3.8, 4) is 0 Å². The first-order chi connectivity index (χ1) is 12.0. The molecule has 1 aliphatic carbocycles. The van der Waals surface area contributed by atoms with Crippen molar-refractivity contribution in [2.75, 3.05) is 5.32 Å². The van der Waals surface area contributed by atoms with Crippen molar-refractivity contribution in [3.05, 3.63) is 35.2 Å². The number of carbonyl (C=O) groups is 1. The predicted octanol–water partition coefficient (Wildman–Crippen LogP) is 4.85. The molecule has 0 aliphatic heterocycles. The molecule has 1 N–H and O–H groups in total. The van der Waals surface area contributed by atoms with Gasteiger partial charge in [0.1, 0.15) is 0 Å². The molecule has 1 aliphatic rings. The van der Waals surface area contributed by atoms with E-state index in [-0.39, 0.29) is 11.2 Å². The second-order valence-corrected chi connectivity index (χ2v) is 8.10. The number of carbonyl (C=O) groups excluding carboxylic acids is 1. The molecule has 1 amide bonds. The van der Waals surface area contributed by atoms with E-state index in [0.717, 1.165) is 30.0 Å². The topological polar surface area (TPSA) is 68.0 Å². The standard InChI is InChI=1S/C19H25N3O2S/c1-12-9-10-16(13(2)11-12)20-17(23)14(3)25-19-22-21-18(24-19)15-7-5-4-6-8-15/h9-11,14-15H,4-8H2,1-3H3,(H,20,23)/t14-/m0/s1. The molecule has 0 unspecified atom stereocenters. The van der Waals surface area contributed by atoms with Gasteiger partial charge in [-0.1, -0.05) is 48.7 Å². The van der Waals surface area contributed by atoms with Crippen LogP contribution in [0, 0.1) is 13.8 Å². The Hall–Kier alpha value is -1.82. The molecule has 1 saturated carbocycles. The number of thioether (sulfide) groups is 1. The number of hydrogen-bond donors (Lipinski definition) is 1. The molecule has 1 fully saturated rings. The van der Waals surface area contributed by atoms with E-state index in [9.17, 15) is 4.79 Å². The highest BCUT2D eigenvalue weighted by Gasteiger charge is 2.23. The molecule has 1 aromatic carbocycles. The van der Waals surface area contributed by atoms with Crippen LogP contribution in [0.1, 0.15) is 62.0 Å². The Bertz CT molecular complexity index is 738. The lowest BCUT2D eigenvalue weighted by atomic mass is 9.89. The van der Waals surface area contributed by atoms with Gasteiger partial charge in [-0.15, -0.1) is 10.2 Å². The maximum atomic E-state index is 12.4. The maximum absolute atomic E-state index is 12.4. The molecule has 6 heteroatoms. The van der Waals surface area contributed by atoms with Gasteiger partial charge in [0.15, 0.2) is 0 Å². The maximum Gasteiger partial charge on any atom is 0.277 e. The average molecular weight is 359 g/mol. The number of hydrogen-bond acceptors (Lipinski definition) is 5. The second kappa shape index (κ2) is 8.04. The van der Waals surface area contributed by atoms with Crippen LogP contribution in [0.5, 0.6) is 0 Å². The van der Waals surface area contributed by atoms with Crippen LogP contribution in [0.4, 0.5) is 5.69 Å². The highest BCUT2D eigenvalue weighted by Crippen LogP contribution is 2.33. The first-order valence-electron chi connectivity index (χ1n) is 8.91. The number of rotatable bonds is 5. The first kappa shape index (κ1) is 18.0. The molecule has 0 spiro atoms. The Morgan fingerprint density at radius 2 is 2.00 bits per heavy atom. The number of nitrogens with one attached hydrogen (secondary N) is 1. The molecule has 5 nitrogen and oxygen atoms in total. The van der Waals surface area contributed by atoms with Crippen LogP contribution < -0.4 is 5.32 Å². The van der Waals surface area contributed by atoms with Gasteiger partial charge in [0.05, 0.1) is 5.25 Å². The minimum absolute atomic E-state index is 0.0608. The third-order valence-corrected chi connectivity index (χ3v) is 5.60. The summed E-state index contributed by atoms with van der Waals surface area (Å²) in [6.45, 7) is 5.89. The smallest absolute Gasteiger partial charge is 0.277 e. The number of anilines is 1. The first-order valence-corrected chi connectivity index (χ1v) is 9.79. The summed E-state index contributed by atoms with van der Waals surface area (Å²) in [6, 6.07) is 5.99. The number of aromatic nitrogens is 2. The van der Waals surface area contributed by atoms with Crippen molar-refractivity contribution < 1.29 is 9.21 Å². The zero-order valence-electron chi connectivity index (χ0n) is 15.0. The highest BCUT2D eigenvalue weighted by molar-refractivity contribution is 8.00. The molecule has 2 aromatic rings. The molecule has 3 rings (SSSR count). The lowest BCUT2D eigenvalue weighted by Gasteiger charge is -2.17. The highest BCUT2D eigenvalue weighted by atomic mass is 32.2. The minimum atomic E-state index is -0.305. The van der Waals surface area contributed by atoms with Crippen LogP contribution in [0.25, 0.3) is 0 Å². The number of nitrogens with zero attached hydrogens (tertiary/aromatic N) is 2. The van der Waals surface area contributed by atoms with Gasteiger partial charge in [0.2, 0.25) is 11.8 Å². The quantitative estimate of drug-likeness (QED) is 0.773. The largest absolute Gasteiger partial charge is 0.416 e. The molecule has 1 atom stereocenters. The fraction of sp³-hybridized carbons (Fsp3) is 0.526.